The van der Waals surface area contributed by atoms with Crippen LogP contribution in [0, 0.1) is 6.92 Å². The minimum atomic E-state index is -0.388. The second-order valence-corrected chi connectivity index (χ2v) is 6.12. The van der Waals surface area contributed by atoms with Gasteiger partial charge in [0, 0.05) is 30.5 Å². The first-order valence-corrected chi connectivity index (χ1v) is 7.42. The molecule has 0 aliphatic carbocycles. The fourth-order valence-electron chi connectivity index (χ4n) is 1.99. The molecule has 1 aromatic carbocycles. The first-order chi connectivity index (χ1) is 10.4. The molecular formula is C17H23N3O2. The van der Waals surface area contributed by atoms with Gasteiger partial charge in [-0.3, -0.25) is 4.79 Å². The van der Waals surface area contributed by atoms with Crippen molar-refractivity contribution in [3.8, 4) is 11.3 Å². The molecule has 1 amide bonds. The van der Waals surface area contributed by atoms with E-state index in [1.807, 2.05) is 45.0 Å². The van der Waals surface area contributed by atoms with Crippen LogP contribution in [-0.4, -0.2) is 23.0 Å². The van der Waals surface area contributed by atoms with Crippen molar-refractivity contribution in [3.05, 3.63) is 41.9 Å². The third-order valence-corrected chi connectivity index (χ3v) is 3.44. The maximum atomic E-state index is 11.9. The van der Waals surface area contributed by atoms with E-state index in [2.05, 4.69) is 10.3 Å². The molecule has 3 N–H and O–H groups in total. The van der Waals surface area contributed by atoms with Crippen LogP contribution in [0.5, 0.6) is 0 Å². The molecule has 0 aliphatic rings. The van der Waals surface area contributed by atoms with Crippen molar-refractivity contribution < 1.29 is 9.21 Å². The highest BCUT2D eigenvalue weighted by molar-refractivity contribution is 5.76. The largest absolute Gasteiger partial charge is 0.441 e. The van der Waals surface area contributed by atoms with Gasteiger partial charge in [0.25, 0.3) is 0 Å². The highest BCUT2D eigenvalue weighted by Gasteiger charge is 2.18. The molecule has 5 heteroatoms. The number of carbonyl (C=O) groups is 1. The van der Waals surface area contributed by atoms with E-state index in [-0.39, 0.29) is 11.4 Å². The van der Waals surface area contributed by atoms with Gasteiger partial charge in [0.05, 0.1) is 6.20 Å². The Morgan fingerprint density at radius 3 is 2.64 bits per heavy atom. The number of nitrogens with two attached hydrogens (primary N) is 1. The van der Waals surface area contributed by atoms with E-state index in [0.29, 0.717) is 25.3 Å². The van der Waals surface area contributed by atoms with Crippen LogP contribution in [0.15, 0.2) is 34.9 Å². The zero-order valence-electron chi connectivity index (χ0n) is 13.3. The summed E-state index contributed by atoms with van der Waals surface area (Å²) in [4.78, 5) is 16.1. The monoisotopic (exact) mass is 301 g/mol. The van der Waals surface area contributed by atoms with E-state index in [9.17, 15) is 4.79 Å². The van der Waals surface area contributed by atoms with Gasteiger partial charge in [-0.1, -0.05) is 29.8 Å². The Morgan fingerprint density at radius 1 is 1.32 bits per heavy atom. The van der Waals surface area contributed by atoms with Crippen molar-refractivity contribution in [1.29, 1.82) is 0 Å². The van der Waals surface area contributed by atoms with Gasteiger partial charge >= 0.3 is 0 Å². The number of carbonyl (C=O) groups excluding carboxylic acids is 1. The Labute approximate surface area is 130 Å². The Balaban J connectivity index is 1.92. The predicted molar refractivity (Wildman–Crippen MR) is 86.3 cm³/mol. The van der Waals surface area contributed by atoms with E-state index in [0.717, 1.165) is 11.3 Å². The number of oxazole rings is 1. The van der Waals surface area contributed by atoms with Crippen molar-refractivity contribution in [2.75, 3.05) is 6.54 Å². The van der Waals surface area contributed by atoms with Gasteiger partial charge in [-0.05, 0) is 20.8 Å². The maximum Gasteiger partial charge on any atom is 0.220 e. The van der Waals surface area contributed by atoms with E-state index in [1.165, 1.54) is 5.56 Å². The smallest absolute Gasteiger partial charge is 0.220 e. The van der Waals surface area contributed by atoms with Crippen molar-refractivity contribution >= 4 is 5.91 Å². The van der Waals surface area contributed by atoms with E-state index in [4.69, 9.17) is 10.2 Å². The van der Waals surface area contributed by atoms with Gasteiger partial charge in [0.1, 0.15) is 0 Å². The van der Waals surface area contributed by atoms with Crippen molar-refractivity contribution in [3.63, 3.8) is 0 Å². The zero-order valence-corrected chi connectivity index (χ0v) is 13.3. The molecule has 118 valence electrons. The molecule has 0 atom stereocenters. The number of nitrogens with one attached hydrogen (secondary N) is 1. The molecule has 1 heterocycles. The Kier molecular flexibility index (Phi) is 4.98. The van der Waals surface area contributed by atoms with Crippen molar-refractivity contribution in [1.82, 2.24) is 10.3 Å². The van der Waals surface area contributed by atoms with Gasteiger partial charge in [-0.25, -0.2) is 4.98 Å². The normalized spacial score (nSPS) is 11.5. The number of hydrogen-bond donors (Lipinski definition) is 2. The van der Waals surface area contributed by atoms with Crippen LogP contribution < -0.4 is 11.1 Å². The number of nitrogens with zero attached hydrogens (tertiary/aromatic N) is 1. The van der Waals surface area contributed by atoms with Crippen LogP contribution in [0.1, 0.15) is 31.7 Å². The first kappa shape index (κ1) is 16.2. The predicted octanol–water partition coefficient (Wildman–Crippen LogP) is 2.44. The van der Waals surface area contributed by atoms with Gasteiger partial charge in [0.15, 0.2) is 11.7 Å². The topological polar surface area (TPSA) is 81.2 Å². The molecule has 0 unspecified atom stereocenters. The molecule has 0 saturated carbocycles. The SMILES string of the molecule is Cc1ccc(-c2cnc(CCC(=O)NC(C)(C)CN)o2)cc1. The molecule has 0 aliphatic heterocycles. The van der Waals surface area contributed by atoms with Crippen LogP contribution in [0.25, 0.3) is 11.3 Å². The summed E-state index contributed by atoms with van der Waals surface area (Å²) in [5.41, 5.74) is 7.39. The molecule has 0 spiro atoms. The average molecular weight is 301 g/mol. The summed E-state index contributed by atoms with van der Waals surface area (Å²) >= 11 is 0. The van der Waals surface area contributed by atoms with Gasteiger partial charge in [0.2, 0.25) is 5.91 Å². The third kappa shape index (κ3) is 4.43. The number of benzene rings is 1. The Hall–Kier alpha value is -2.14. The summed E-state index contributed by atoms with van der Waals surface area (Å²) < 4.78 is 5.70. The van der Waals surface area contributed by atoms with Crippen LogP contribution in [0.3, 0.4) is 0 Å². The lowest BCUT2D eigenvalue weighted by molar-refractivity contribution is -0.122. The molecule has 2 rings (SSSR count). The molecule has 2 aromatic rings. The molecule has 0 bridgehead atoms. The number of amides is 1. The highest BCUT2D eigenvalue weighted by atomic mass is 16.4. The van der Waals surface area contributed by atoms with Gasteiger partial charge in [-0.2, -0.15) is 0 Å². The first-order valence-electron chi connectivity index (χ1n) is 7.42. The maximum absolute atomic E-state index is 11.9. The minimum Gasteiger partial charge on any atom is -0.441 e. The number of rotatable bonds is 6. The highest BCUT2D eigenvalue weighted by Crippen LogP contribution is 2.21. The number of hydrogen-bond acceptors (Lipinski definition) is 4. The zero-order chi connectivity index (χ0) is 16.2. The molecule has 22 heavy (non-hydrogen) atoms. The number of aryl methyl sites for hydroxylation is 2. The lowest BCUT2D eigenvalue weighted by Gasteiger charge is -2.23. The van der Waals surface area contributed by atoms with Gasteiger partial charge in [-0.15, -0.1) is 0 Å². The second kappa shape index (κ2) is 6.75. The number of aromatic nitrogens is 1. The van der Waals surface area contributed by atoms with Gasteiger partial charge < -0.3 is 15.5 Å². The Bertz CT molecular complexity index is 630. The van der Waals surface area contributed by atoms with Crippen molar-refractivity contribution in [2.24, 2.45) is 5.73 Å². The molecule has 5 nitrogen and oxygen atoms in total. The molecule has 0 radical (unpaired) electrons. The summed E-state index contributed by atoms with van der Waals surface area (Å²) in [5, 5.41) is 2.89. The Morgan fingerprint density at radius 2 is 2.00 bits per heavy atom. The molecule has 0 fully saturated rings. The molecule has 0 saturated heterocycles. The minimum absolute atomic E-state index is 0.0504. The quantitative estimate of drug-likeness (QED) is 0.858. The van der Waals surface area contributed by atoms with E-state index in [1.54, 1.807) is 6.20 Å². The van der Waals surface area contributed by atoms with Crippen molar-refractivity contribution in [2.45, 2.75) is 39.2 Å². The van der Waals surface area contributed by atoms with E-state index >= 15 is 0 Å². The summed E-state index contributed by atoms with van der Waals surface area (Å²) in [6.07, 6.45) is 2.50. The third-order valence-electron chi connectivity index (χ3n) is 3.44. The van der Waals surface area contributed by atoms with Crippen LogP contribution in [0.2, 0.25) is 0 Å². The fraction of sp³-hybridized carbons (Fsp3) is 0.412. The van der Waals surface area contributed by atoms with Crippen LogP contribution in [0.4, 0.5) is 0 Å². The fourth-order valence-corrected chi connectivity index (χ4v) is 1.99. The molecule has 1 aromatic heterocycles. The standard InChI is InChI=1S/C17H23N3O2/c1-12-4-6-13(7-5-12)14-10-19-16(22-14)9-8-15(21)20-17(2,3)11-18/h4-7,10H,8-9,11,18H2,1-3H3,(H,20,21). The lowest BCUT2D eigenvalue weighted by atomic mass is 10.1. The summed E-state index contributed by atoms with van der Waals surface area (Å²) in [7, 11) is 0. The summed E-state index contributed by atoms with van der Waals surface area (Å²) in [5.74, 6) is 1.24. The van der Waals surface area contributed by atoms with E-state index < -0.39 is 0 Å². The summed E-state index contributed by atoms with van der Waals surface area (Å²) in [6, 6.07) is 8.05. The van der Waals surface area contributed by atoms with Crippen LogP contribution >= 0.6 is 0 Å². The molecular weight excluding hydrogens is 278 g/mol. The summed E-state index contributed by atoms with van der Waals surface area (Å²) in [6.45, 7) is 6.23. The lowest BCUT2D eigenvalue weighted by Crippen LogP contribution is -2.48. The second-order valence-electron chi connectivity index (χ2n) is 6.12. The average Bonchev–Trinajstić information content (AvgIpc) is 2.94. The van der Waals surface area contributed by atoms with Crippen LogP contribution in [-0.2, 0) is 11.2 Å².